The molecule has 2 aliphatic heterocycles. The molecule has 0 radical (unpaired) electrons. The molecule has 2 saturated heterocycles. The molecule has 0 aromatic heterocycles. The maximum Gasteiger partial charge on any atom is 0.317 e. The van der Waals surface area contributed by atoms with Gasteiger partial charge in [-0.3, -0.25) is 14.4 Å². The van der Waals surface area contributed by atoms with E-state index < -0.39 is 41.4 Å². The van der Waals surface area contributed by atoms with Crippen molar-refractivity contribution in [2.24, 2.45) is 17.3 Å². The van der Waals surface area contributed by atoms with Gasteiger partial charge in [-0.05, 0) is 12.8 Å². The van der Waals surface area contributed by atoms with E-state index in [1.165, 1.54) is 0 Å². The maximum absolute atomic E-state index is 11.6. The molecule has 2 bridgehead atoms. The van der Waals surface area contributed by atoms with Crippen LogP contribution in [0.15, 0.2) is 0 Å². The van der Waals surface area contributed by atoms with Crippen LogP contribution in [0.25, 0.3) is 0 Å². The third kappa shape index (κ3) is 1.02. The molecule has 2 heterocycles. The SMILES string of the molecule is O=C1CC2(C[C@@H]3CC2C(=O)OC3=O)C(O)O1. The highest BCUT2D eigenvalue weighted by molar-refractivity contribution is 5.93. The van der Waals surface area contributed by atoms with Gasteiger partial charge < -0.3 is 14.6 Å². The number of aliphatic hydroxyl groups is 1. The summed E-state index contributed by atoms with van der Waals surface area (Å²) in [5.41, 5.74) is -0.939. The van der Waals surface area contributed by atoms with Crippen LogP contribution in [0.3, 0.4) is 0 Å². The standard InChI is InChI=1S/C10H10O6/c11-6-3-10(9(14)15-6)2-4-1-5(10)8(13)16-7(4)12/h4-5,9,14H,1-3H2/t4-,5?,9?,10?/m0/s1. The molecule has 6 nitrogen and oxygen atoms in total. The Bertz CT molecular complexity index is 402. The lowest BCUT2D eigenvalue weighted by Crippen LogP contribution is -2.39. The van der Waals surface area contributed by atoms with Crippen molar-refractivity contribution in [1.29, 1.82) is 0 Å². The van der Waals surface area contributed by atoms with E-state index in [0.29, 0.717) is 6.42 Å². The van der Waals surface area contributed by atoms with E-state index in [1.807, 2.05) is 0 Å². The van der Waals surface area contributed by atoms with E-state index in [4.69, 9.17) is 0 Å². The average Bonchev–Trinajstić information content (AvgIpc) is 2.66. The van der Waals surface area contributed by atoms with E-state index in [2.05, 4.69) is 9.47 Å². The number of carbonyl (C=O) groups is 3. The fraction of sp³-hybridized carbons (Fsp3) is 0.700. The molecule has 16 heavy (non-hydrogen) atoms. The molecule has 0 aromatic carbocycles. The minimum atomic E-state index is -1.30. The van der Waals surface area contributed by atoms with Gasteiger partial charge in [-0.2, -0.15) is 0 Å². The molecule has 1 aliphatic carbocycles. The zero-order chi connectivity index (χ0) is 11.5. The van der Waals surface area contributed by atoms with Crippen molar-refractivity contribution in [2.75, 3.05) is 0 Å². The molecular formula is C10H10O6. The molecule has 3 fully saturated rings. The van der Waals surface area contributed by atoms with Crippen LogP contribution >= 0.6 is 0 Å². The summed E-state index contributed by atoms with van der Waals surface area (Å²) in [5, 5.41) is 9.74. The second kappa shape index (κ2) is 2.82. The molecule has 86 valence electrons. The lowest BCUT2D eigenvalue weighted by atomic mass is 9.76. The minimum Gasteiger partial charge on any atom is -0.435 e. The van der Waals surface area contributed by atoms with Crippen molar-refractivity contribution in [2.45, 2.75) is 25.6 Å². The van der Waals surface area contributed by atoms with Gasteiger partial charge in [0.05, 0.1) is 23.7 Å². The number of hydrogen-bond donors (Lipinski definition) is 1. The van der Waals surface area contributed by atoms with Gasteiger partial charge >= 0.3 is 17.9 Å². The largest absolute Gasteiger partial charge is 0.435 e. The molecule has 1 saturated carbocycles. The van der Waals surface area contributed by atoms with Gasteiger partial charge in [0.2, 0.25) is 6.29 Å². The number of rotatable bonds is 0. The maximum atomic E-state index is 11.6. The number of fused-ring (bicyclic) bond motifs is 3. The van der Waals surface area contributed by atoms with Gasteiger partial charge in [-0.25, -0.2) is 0 Å². The number of aliphatic hydroxyl groups excluding tert-OH is 1. The lowest BCUT2D eigenvalue weighted by molar-refractivity contribution is -0.177. The first-order valence-electron chi connectivity index (χ1n) is 5.16. The molecule has 0 amide bonds. The van der Waals surface area contributed by atoms with Crippen LogP contribution in [-0.4, -0.2) is 29.3 Å². The van der Waals surface area contributed by atoms with Crippen LogP contribution in [0, 0.1) is 17.3 Å². The van der Waals surface area contributed by atoms with Gasteiger partial charge in [-0.1, -0.05) is 0 Å². The molecule has 0 aromatic rings. The molecule has 1 spiro atoms. The van der Waals surface area contributed by atoms with Crippen LogP contribution < -0.4 is 0 Å². The van der Waals surface area contributed by atoms with Gasteiger partial charge in [0, 0.05) is 0 Å². The highest BCUT2D eigenvalue weighted by Gasteiger charge is 2.65. The third-order valence-electron chi connectivity index (χ3n) is 3.87. The van der Waals surface area contributed by atoms with E-state index in [-0.39, 0.29) is 12.8 Å². The number of hydrogen-bond acceptors (Lipinski definition) is 6. The Kier molecular flexibility index (Phi) is 1.72. The van der Waals surface area contributed by atoms with Crippen molar-refractivity contribution in [1.82, 2.24) is 0 Å². The fourth-order valence-electron chi connectivity index (χ4n) is 3.08. The first-order chi connectivity index (χ1) is 7.53. The van der Waals surface area contributed by atoms with E-state index in [9.17, 15) is 19.5 Å². The Hall–Kier alpha value is -1.43. The monoisotopic (exact) mass is 226 g/mol. The highest BCUT2D eigenvalue weighted by Crippen LogP contribution is 2.56. The first-order valence-corrected chi connectivity index (χ1v) is 5.16. The Balaban J connectivity index is 2.01. The summed E-state index contributed by atoms with van der Waals surface area (Å²) in [5.74, 6) is -2.72. The van der Waals surface area contributed by atoms with Crippen LogP contribution in [0.2, 0.25) is 0 Å². The zero-order valence-corrected chi connectivity index (χ0v) is 8.34. The first kappa shape index (κ1) is 9.77. The van der Waals surface area contributed by atoms with Crippen molar-refractivity contribution < 1.29 is 29.0 Å². The average molecular weight is 226 g/mol. The third-order valence-corrected chi connectivity index (χ3v) is 3.87. The highest BCUT2D eigenvalue weighted by atomic mass is 16.6. The van der Waals surface area contributed by atoms with Gasteiger partial charge in [0.1, 0.15) is 0 Å². The second-order valence-electron chi connectivity index (χ2n) is 4.68. The zero-order valence-electron chi connectivity index (χ0n) is 8.34. The van der Waals surface area contributed by atoms with Crippen molar-refractivity contribution in [3.63, 3.8) is 0 Å². The minimum absolute atomic E-state index is 0.0162. The van der Waals surface area contributed by atoms with Crippen molar-refractivity contribution in [3.05, 3.63) is 0 Å². The fourth-order valence-corrected chi connectivity index (χ4v) is 3.08. The van der Waals surface area contributed by atoms with Crippen molar-refractivity contribution in [3.8, 4) is 0 Å². The molecule has 4 atom stereocenters. The summed E-state index contributed by atoms with van der Waals surface area (Å²) in [7, 11) is 0. The number of carbonyl (C=O) groups excluding carboxylic acids is 3. The van der Waals surface area contributed by atoms with Gasteiger partial charge in [-0.15, -0.1) is 0 Å². The van der Waals surface area contributed by atoms with Crippen LogP contribution in [0.1, 0.15) is 19.3 Å². The number of cyclic esters (lactones) is 3. The molecule has 3 unspecified atom stereocenters. The number of ether oxygens (including phenoxy) is 2. The van der Waals surface area contributed by atoms with Gasteiger partial charge in [0.15, 0.2) is 0 Å². The van der Waals surface area contributed by atoms with Crippen LogP contribution in [0.5, 0.6) is 0 Å². The molecular weight excluding hydrogens is 216 g/mol. The van der Waals surface area contributed by atoms with Crippen LogP contribution in [-0.2, 0) is 23.9 Å². The topological polar surface area (TPSA) is 89.9 Å². The number of esters is 3. The van der Waals surface area contributed by atoms with Crippen molar-refractivity contribution >= 4 is 17.9 Å². The summed E-state index contributed by atoms with van der Waals surface area (Å²) in [6.07, 6.45) is -0.674. The Labute approximate surface area is 90.5 Å². The quantitative estimate of drug-likeness (QED) is 0.436. The summed E-state index contributed by atoms with van der Waals surface area (Å²) in [6.45, 7) is 0. The molecule has 3 rings (SSSR count). The Morgan fingerprint density at radius 2 is 2.00 bits per heavy atom. The summed E-state index contributed by atoms with van der Waals surface area (Å²) < 4.78 is 9.28. The predicted octanol–water partition coefficient (Wildman–Crippen LogP) is -0.652. The van der Waals surface area contributed by atoms with E-state index >= 15 is 0 Å². The second-order valence-corrected chi connectivity index (χ2v) is 4.68. The van der Waals surface area contributed by atoms with Gasteiger partial charge in [0.25, 0.3) is 0 Å². The summed E-state index contributed by atoms with van der Waals surface area (Å²) in [6, 6.07) is 0. The summed E-state index contributed by atoms with van der Waals surface area (Å²) >= 11 is 0. The Morgan fingerprint density at radius 3 is 2.62 bits per heavy atom. The molecule has 1 N–H and O–H groups in total. The normalized spacial score (nSPS) is 46.1. The Morgan fingerprint density at radius 1 is 1.25 bits per heavy atom. The molecule has 6 heteroatoms. The van der Waals surface area contributed by atoms with Crippen LogP contribution in [0.4, 0.5) is 0 Å². The smallest absolute Gasteiger partial charge is 0.317 e. The van der Waals surface area contributed by atoms with E-state index in [0.717, 1.165) is 0 Å². The lowest BCUT2D eigenvalue weighted by Gasteiger charge is -2.28. The summed E-state index contributed by atoms with van der Waals surface area (Å²) in [4.78, 5) is 34.1. The van der Waals surface area contributed by atoms with E-state index in [1.54, 1.807) is 0 Å². The predicted molar refractivity (Wildman–Crippen MR) is 46.5 cm³/mol. The molecule has 3 aliphatic rings.